The van der Waals surface area contributed by atoms with Gasteiger partial charge >= 0.3 is 6.09 Å². The lowest BCUT2D eigenvalue weighted by Crippen LogP contribution is -2.31. The van der Waals surface area contributed by atoms with Crippen molar-refractivity contribution in [3.63, 3.8) is 0 Å². The lowest BCUT2D eigenvalue weighted by molar-refractivity contribution is -0.385. The molecule has 1 amide bonds. The van der Waals surface area contributed by atoms with E-state index in [0.717, 1.165) is 16.9 Å². The second-order valence-electron chi connectivity index (χ2n) is 8.55. The van der Waals surface area contributed by atoms with E-state index in [9.17, 15) is 28.8 Å². The third kappa shape index (κ3) is 4.78. The molecule has 0 saturated heterocycles. The summed E-state index contributed by atoms with van der Waals surface area (Å²) in [6.45, 7) is -0.476. The number of fused-ring (bicyclic) bond motifs is 1. The summed E-state index contributed by atoms with van der Waals surface area (Å²) in [5.74, 6) is -2.15. The van der Waals surface area contributed by atoms with Crippen LogP contribution in [-0.2, 0) is 13.0 Å². The minimum absolute atomic E-state index is 0.0144. The Hall–Kier alpha value is -5.73. The molecule has 202 valence electrons. The lowest BCUT2D eigenvalue weighted by Gasteiger charge is -2.22. The maximum atomic E-state index is 14.3. The molecule has 13 nitrogen and oxygen atoms in total. The summed E-state index contributed by atoms with van der Waals surface area (Å²) in [5.41, 5.74) is 12.7. The third-order valence-electron chi connectivity index (χ3n) is 6.01. The molecular weight excluding hydrogens is 528 g/mol. The van der Waals surface area contributed by atoms with Crippen molar-refractivity contribution in [1.82, 2.24) is 24.7 Å². The molecule has 15 heteroatoms. The molecule has 5 aromatic rings. The molecule has 0 saturated carbocycles. The van der Waals surface area contributed by atoms with Crippen molar-refractivity contribution in [2.75, 3.05) is 16.4 Å². The van der Waals surface area contributed by atoms with Gasteiger partial charge in [0.05, 0.1) is 28.9 Å². The number of amides is 1. The van der Waals surface area contributed by atoms with Crippen LogP contribution in [0.3, 0.4) is 0 Å². The second kappa shape index (κ2) is 10.2. The van der Waals surface area contributed by atoms with Crippen LogP contribution in [0, 0.1) is 21.7 Å². The number of carbonyl (C=O) groups is 1. The van der Waals surface area contributed by atoms with E-state index in [4.69, 9.17) is 11.5 Å². The van der Waals surface area contributed by atoms with Gasteiger partial charge in [-0.05, 0) is 11.6 Å². The number of anilines is 3. The fourth-order valence-corrected chi connectivity index (χ4v) is 4.21. The third-order valence-corrected chi connectivity index (χ3v) is 6.01. The number of hydrogen-bond acceptors (Lipinski definition) is 9. The average molecular weight is 547 g/mol. The van der Waals surface area contributed by atoms with Crippen LogP contribution >= 0.6 is 0 Å². The minimum atomic E-state index is -1.52. The van der Waals surface area contributed by atoms with Gasteiger partial charge in [0.25, 0.3) is 11.6 Å². The number of rotatable bonds is 7. The number of aromatic nitrogens is 5. The number of benzene rings is 2. The molecule has 3 aromatic heterocycles. The number of nitro benzene ring substituents is 1. The van der Waals surface area contributed by atoms with E-state index in [0.29, 0.717) is 10.5 Å². The molecule has 0 bridgehead atoms. The summed E-state index contributed by atoms with van der Waals surface area (Å²) < 4.78 is 29.6. The summed E-state index contributed by atoms with van der Waals surface area (Å²) in [5, 5.41) is 25.7. The molecule has 0 atom stereocenters. The molecule has 0 spiro atoms. The highest BCUT2D eigenvalue weighted by Crippen LogP contribution is 2.32. The zero-order valence-electron chi connectivity index (χ0n) is 20.4. The summed E-state index contributed by atoms with van der Waals surface area (Å²) in [4.78, 5) is 36.0. The number of hydrogen-bond donors (Lipinski definition) is 3. The first-order valence-corrected chi connectivity index (χ1v) is 11.6. The standard InChI is InChI=1S/C25H19F2N9O4/c26-15-10-19-20(30-11-15)17(9-13-5-1-3-7-16(13)27)33-35(19)24-31-22(28)21(23(29)32-24)34(25(37)38)12-14-6-2-4-8-18(14)36(39)40/h1-8,10-11H,9,12H2,(H,37,38)(H4,28,29,31,32). The summed E-state index contributed by atoms with van der Waals surface area (Å²) in [7, 11) is 0. The van der Waals surface area contributed by atoms with Crippen LogP contribution in [0.15, 0.2) is 60.8 Å². The van der Waals surface area contributed by atoms with Crippen LogP contribution < -0.4 is 16.4 Å². The van der Waals surface area contributed by atoms with Gasteiger partial charge in [-0.3, -0.25) is 15.0 Å². The van der Waals surface area contributed by atoms with Gasteiger partial charge < -0.3 is 16.6 Å². The monoisotopic (exact) mass is 547 g/mol. The second-order valence-corrected chi connectivity index (χ2v) is 8.55. The van der Waals surface area contributed by atoms with Crippen molar-refractivity contribution in [3.8, 4) is 5.95 Å². The lowest BCUT2D eigenvalue weighted by atomic mass is 10.1. The van der Waals surface area contributed by atoms with E-state index >= 15 is 0 Å². The Balaban J connectivity index is 1.59. The molecule has 5 N–H and O–H groups in total. The van der Waals surface area contributed by atoms with Gasteiger partial charge in [-0.2, -0.15) is 19.7 Å². The molecule has 0 aliphatic rings. The Bertz CT molecular complexity index is 1770. The van der Waals surface area contributed by atoms with E-state index < -0.39 is 29.2 Å². The highest BCUT2D eigenvalue weighted by molar-refractivity contribution is 5.94. The number of para-hydroxylation sites is 1. The zero-order valence-corrected chi connectivity index (χ0v) is 20.4. The largest absolute Gasteiger partial charge is 0.465 e. The van der Waals surface area contributed by atoms with Crippen molar-refractivity contribution < 1.29 is 23.6 Å². The SMILES string of the molecule is Nc1nc(-n2nc(Cc3ccccc3F)c3ncc(F)cc32)nc(N)c1N(Cc1ccccc1[N+](=O)[O-])C(=O)O. The highest BCUT2D eigenvalue weighted by atomic mass is 19.1. The smallest absolute Gasteiger partial charge is 0.412 e. The van der Waals surface area contributed by atoms with Crippen LogP contribution in [0.4, 0.5) is 36.6 Å². The van der Waals surface area contributed by atoms with Crippen LogP contribution in [0.1, 0.15) is 16.8 Å². The number of nitrogen functional groups attached to an aromatic ring is 2. The van der Waals surface area contributed by atoms with Crippen LogP contribution in [0.5, 0.6) is 0 Å². The Morgan fingerprint density at radius 3 is 2.35 bits per heavy atom. The zero-order chi connectivity index (χ0) is 28.6. The molecule has 0 aliphatic carbocycles. The Morgan fingerprint density at radius 2 is 1.70 bits per heavy atom. The van der Waals surface area contributed by atoms with E-state index in [1.807, 2.05) is 0 Å². The summed E-state index contributed by atoms with van der Waals surface area (Å²) >= 11 is 0. The van der Waals surface area contributed by atoms with Crippen molar-refractivity contribution in [1.29, 1.82) is 0 Å². The molecule has 0 radical (unpaired) electrons. The average Bonchev–Trinajstić information content (AvgIpc) is 3.26. The summed E-state index contributed by atoms with van der Waals surface area (Å²) in [6.07, 6.45) is -0.518. The van der Waals surface area contributed by atoms with Crippen LogP contribution in [-0.4, -0.2) is 40.9 Å². The maximum Gasteiger partial charge on any atom is 0.412 e. The molecule has 40 heavy (non-hydrogen) atoms. The summed E-state index contributed by atoms with van der Waals surface area (Å²) in [6, 6.07) is 12.8. The van der Waals surface area contributed by atoms with Gasteiger partial charge in [0, 0.05) is 24.1 Å². The molecule has 0 aliphatic heterocycles. The fourth-order valence-electron chi connectivity index (χ4n) is 4.21. The van der Waals surface area contributed by atoms with Crippen molar-refractivity contribution in [3.05, 3.63) is 99.4 Å². The van der Waals surface area contributed by atoms with E-state index in [1.54, 1.807) is 18.2 Å². The normalized spacial score (nSPS) is 11.1. The van der Waals surface area contributed by atoms with E-state index in [-0.39, 0.29) is 57.7 Å². The number of nitro groups is 1. The first-order valence-electron chi connectivity index (χ1n) is 11.6. The predicted molar refractivity (Wildman–Crippen MR) is 140 cm³/mol. The minimum Gasteiger partial charge on any atom is -0.465 e. The predicted octanol–water partition coefficient (Wildman–Crippen LogP) is 3.84. The van der Waals surface area contributed by atoms with Gasteiger partial charge in [0.2, 0.25) is 0 Å². The molecule has 5 rings (SSSR count). The molecule has 3 heterocycles. The first-order chi connectivity index (χ1) is 19.1. The van der Waals surface area contributed by atoms with Crippen LogP contribution in [0.2, 0.25) is 0 Å². The van der Waals surface area contributed by atoms with Gasteiger partial charge in [-0.15, -0.1) is 0 Å². The number of halogens is 2. The topological polar surface area (TPSA) is 192 Å². The Labute approximate surface area is 223 Å². The quantitative estimate of drug-likeness (QED) is 0.199. The van der Waals surface area contributed by atoms with Gasteiger partial charge in [0.15, 0.2) is 11.6 Å². The van der Waals surface area contributed by atoms with Crippen molar-refractivity contribution in [2.24, 2.45) is 0 Å². The van der Waals surface area contributed by atoms with Gasteiger partial charge in [-0.1, -0.05) is 36.4 Å². The molecule has 0 unspecified atom stereocenters. The number of nitrogens with two attached hydrogens (primary N) is 2. The van der Waals surface area contributed by atoms with Crippen molar-refractivity contribution >= 4 is 40.1 Å². The van der Waals surface area contributed by atoms with Gasteiger partial charge in [0.1, 0.15) is 22.8 Å². The number of nitrogens with zero attached hydrogens (tertiary/aromatic N) is 7. The van der Waals surface area contributed by atoms with Crippen molar-refractivity contribution in [2.45, 2.75) is 13.0 Å². The number of pyridine rings is 1. The maximum absolute atomic E-state index is 14.3. The molecular formula is C25H19F2N9O4. The molecule has 2 aromatic carbocycles. The number of carboxylic acid groups (broad SMARTS) is 1. The molecule has 0 fully saturated rings. The van der Waals surface area contributed by atoms with E-state index in [1.165, 1.54) is 30.3 Å². The Kier molecular flexibility index (Phi) is 6.61. The fraction of sp³-hybridized carbons (Fsp3) is 0.0800. The highest BCUT2D eigenvalue weighted by Gasteiger charge is 2.27. The first kappa shape index (κ1) is 25.9. The Morgan fingerprint density at radius 1 is 1.05 bits per heavy atom. The van der Waals surface area contributed by atoms with Gasteiger partial charge in [-0.25, -0.2) is 18.6 Å². The van der Waals surface area contributed by atoms with E-state index in [2.05, 4.69) is 20.1 Å². The van der Waals surface area contributed by atoms with Crippen LogP contribution in [0.25, 0.3) is 17.0 Å².